The summed E-state index contributed by atoms with van der Waals surface area (Å²) in [7, 11) is 0. The lowest BCUT2D eigenvalue weighted by molar-refractivity contribution is -0.185. The minimum Gasteiger partial charge on any atom is -0.388 e. The number of alkyl halides is 3. The Kier molecular flexibility index (Phi) is 5.52. The molecule has 6 heteroatoms. The Bertz CT molecular complexity index is 458. The van der Waals surface area contributed by atoms with Gasteiger partial charge in [-0.15, -0.1) is 0 Å². The highest BCUT2D eigenvalue weighted by atomic mass is 35.5. The summed E-state index contributed by atoms with van der Waals surface area (Å²) in [6.45, 7) is 1.47. The van der Waals surface area contributed by atoms with Gasteiger partial charge in [-0.3, -0.25) is 0 Å². The lowest BCUT2D eigenvalue weighted by Crippen LogP contribution is -2.39. The first-order chi connectivity index (χ1) is 9.86. The zero-order valence-corrected chi connectivity index (χ0v) is 12.4. The van der Waals surface area contributed by atoms with Crippen LogP contribution in [0.4, 0.5) is 13.2 Å². The van der Waals surface area contributed by atoms with E-state index >= 15 is 0 Å². The fourth-order valence-electron chi connectivity index (χ4n) is 2.67. The van der Waals surface area contributed by atoms with E-state index in [0.717, 1.165) is 5.56 Å². The molecule has 0 amide bonds. The molecule has 2 nitrogen and oxygen atoms in total. The number of likely N-dealkylation sites (tertiary alicyclic amines) is 1. The first-order valence-electron chi connectivity index (χ1n) is 7.09. The van der Waals surface area contributed by atoms with E-state index in [4.69, 9.17) is 11.6 Å². The van der Waals surface area contributed by atoms with Crippen molar-refractivity contribution < 1.29 is 18.3 Å². The van der Waals surface area contributed by atoms with Gasteiger partial charge in [-0.25, -0.2) is 0 Å². The Hall–Kier alpha value is -0.780. The monoisotopic (exact) mass is 321 g/mol. The number of aliphatic hydroxyl groups excluding tert-OH is 1. The summed E-state index contributed by atoms with van der Waals surface area (Å²) in [5, 5.41) is 10.7. The molecule has 21 heavy (non-hydrogen) atoms. The van der Waals surface area contributed by atoms with Gasteiger partial charge in [-0.2, -0.15) is 13.2 Å². The Labute approximate surface area is 127 Å². The van der Waals surface area contributed by atoms with E-state index in [9.17, 15) is 18.3 Å². The van der Waals surface area contributed by atoms with Gasteiger partial charge in [0.25, 0.3) is 0 Å². The Balaban J connectivity index is 1.77. The second-order valence-corrected chi connectivity index (χ2v) is 5.95. The number of rotatable bonds is 4. The molecule has 118 valence electrons. The van der Waals surface area contributed by atoms with E-state index in [2.05, 4.69) is 0 Å². The zero-order chi connectivity index (χ0) is 15.5. The number of hydrogen-bond donors (Lipinski definition) is 1. The number of benzene rings is 1. The van der Waals surface area contributed by atoms with E-state index in [1.807, 2.05) is 4.90 Å². The molecule has 1 N–H and O–H groups in total. The highest BCUT2D eigenvalue weighted by molar-refractivity contribution is 6.30. The SMILES string of the molecule is OC(CCN1CCC(C(F)(F)F)CC1)c1cccc(Cl)c1. The van der Waals surface area contributed by atoms with Crippen molar-refractivity contribution in [2.75, 3.05) is 19.6 Å². The molecular formula is C15H19ClF3NO. The van der Waals surface area contributed by atoms with Crippen molar-refractivity contribution in [2.45, 2.75) is 31.5 Å². The summed E-state index contributed by atoms with van der Waals surface area (Å²) < 4.78 is 37.7. The fraction of sp³-hybridized carbons (Fsp3) is 0.600. The van der Waals surface area contributed by atoms with Gasteiger partial charge < -0.3 is 10.0 Å². The van der Waals surface area contributed by atoms with Gasteiger partial charge in [-0.1, -0.05) is 23.7 Å². The predicted octanol–water partition coefficient (Wildman–Crippen LogP) is 4.04. The van der Waals surface area contributed by atoms with Crippen molar-refractivity contribution in [1.29, 1.82) is 0 Å². The molecule has 0 aromatic heterocycles. The van der Waals surface area contributed by atoms with Crippen LogP contribution < -0.4 is 0 Å². The Morgan fingerprint density at radius 1 is 1.29 bits per heavy atom. The van der Waals surface area contributed by atoms with Gasteiger partial charge in [0.1, 0.15) is 0 Å². The normalized spacial score (nSPS) is 19.7. The summed E-state index contributed by atoms with van der Waals surface area (Å²) in [4.78, 5) is 1.98. The van der Waals surface area contributed by atoms with Crippen molar-refractivity contribution in [1.82, 2.24) is 4.90 Å². The lowest BCUT2D eigenvalue weighted by Gasteiger charge is -2.33. The van der Waals surface area contributed by atoms with Gasteiger partial charge in [-0.05, 0) is 50.0 Å². The van der Waals surface area contributed by atoms with Crippen LogP contribution in [0.25, 0.3) is 0 Å². The first-order valence-corrected chi connectivity index (χ1v) is 7.46. The topological polar surface area (TPSA) is 23.5 Å². The highest BCUT2D eigenvalue weighted by Crippen LogP contribution is 2.34. The van der Waals surface area contributed by atoms with Crippen LogP contribution in [-0.2, 0) is 0 Å². The van der Waals surface area contributed by atoms with Crippen molar-refractivity contribution in [3.05, 3.63) is 34.9 Å². The second-order valence-electron chi connectivity index (χ2n) is 5.52. The number of piperidine rings is 1. The van der Waals surface area contributed by atoms with Crippen molar-refractivity contribution in [3.63, 3.8) is 0 Å². The van der Waals surface area contributed by atoms with Gasteiger partial charge >= 0.3 is 6.18 Å². The highest BCUT2D eigenvalue weighted by Gasteiger charge is 2.40. The molecule has 1 aromatic rings. The summed E-state index contributed by atoms with van der Waals surface area (Å²) in [5.41, 5.74) is 0.743. The van der Waals surface area contributed by atoms with Crippen molar-refractivity contribution >= 4 is 11.6 Å². The van der Waals surface area contributed by atoms with Gasteiger partial charge in [0.05, 0.1) is 12.0 Å². The molecule has 0 spiro atoms. The van der Waals surface area contributed by atoms with Crippen LogP contribution in [0.15, 0.2) is 24.3 Å². The van der Waals surface area contributed by atoms with E-state index in [1.54, 1.807) is 24.3 Å². The summed E-state index contributed by atoms with van der Waals surface area (Å²) in [6, 6.07) is 7.02. The molecule has 0 aliphatic carbocycles. The molecule has 1 aliphatic rings. The maximum Gasteiger partial charge on any atom is 0.391 e. The molecule has 0 saturated carbocycles. The summed E-state index contributed by atoms with van der Waals surface area (Å²) in [6.07, 6.45) is -3.92. The quantitative estimate of drug-likeness (QED) is 0.904. The maximum atomic E-state index is 12.6. The minimum absolute atomic E-state index is 0.150. The minimum atomic E-state index is -4.08. The van der Waals surface area contributed by atoms with Gasteiger partial charge in [0.2, 0.25) is 0 Å². The van der Waals surface area contributed by atoms with Crippen LogP contribution in [0.2, 0.25) is 5.02 Å². The maximum absolute atomic E-state index is 12.6. The predicted molar refractivity (Wildman–Crippen MR) is 76.2 cm³/mol. The van der Waals surface area contributed by atoms with Crippen LogP contribution in [-0.4, -0.2) is 35.8 Å². The molecule has 1 heterocycles. The molecule has 1 unspecified atom stereocenters. The molecule has 1 fully saturated rings. The molecular weight excluding hydrogens is 303 g/mol. The molecule has 1 atom stereocenters. The number of aliphatic hydroxyl groups is 1. The average molecular weight is 322 g/mol. The third kappa shape index (κ3) is 4.87. The zero-order valence-electron chi connectivity index (χ0n) is 11.6. The second kappa shape index (κ2) is 6.99. The molecule has 1 saturated heterocycles. The molecule has 1 aliphatic heterocycles. The van der Waals surface area contributed by atoms with Crippen LogP contribution in [0.1, 0.15) is 30.9 Å². The molecule has 2 rings (SSSR count). The van der Waals surface area contributed by atoms with Gasteiger partial charge in [0.15, 0.2) is 0 Å². The largest absolute Gasteiger partial charge is 0.391 e. The summed E-state index contributed by atoms with van der Waals surface area (Å²) >= 11 is 5.87. The van der Waals surface area contributed by atoms with Crippen LogP contribution in [0, 0.1) is 5.92 Å². The number of nitrogens with zero attached hydrogens (tertiary/aromatic N) is 1. The van der Waals surface area contributed by atoms with Crippen molar-refractivity contribution in [3.8, 4) is 0 Å². The smallest absolute Gasteiger partial charge is 0.388 e. The summed E-state index contributed by atoms with van der Waals surface area (Å²) in [5.74, 6) is -1.17. The number of halogens is 4. The third-order valence-corrected chi connectivity index (χ3v) is 4.24. The standard InChI is InChI=1S/C15H19ClF3NO/c16-13-3-1-2-11(10-13)14(21)6-9-20-7-4-12(5-8-20)15(17,18)19/h1-3,10,12,14,21H,4-9H2. The third-order valence-electron chi connectivity index (χ3n) is 4.00. The molecule has 1 aromatic carbocycles. The first kappa shape index (κ1) is 16.6. The van der Waals surface area contributed by atoms with E-state index in [0.29, 0.717) is 31.1 Å². The van der Waals surface area contributed by atoms with Gasteiger partial charge in [0, 0.05) is 11.6 Å². The van der Waals surface area contributed by atoms with E-state index in [1.165, 1.54) is 0 Å². The van der Waals surface area contributed by atoms with Crippen LogP contribution in [0.5, 0.6) is 0 Å². The Morgan fingerprint density at radius 2 is 1.95 bits per heavy atom. The fourth-order valence-corrected chi connectivity index (χ4v) is 2.87. The van der Waals surface area contributed by atoms with E-state index < -0.39 is 18.2 Å². The lowest BCUT2D eigenvalue weighted by atomic mass is 9.96. The average Bonchev–Trinajstić information content (AvgIpc) is 2.44. The molecule has 0 bridgehead atoms. The Morgan fingerprint density at radius 3 is 2.52 bits per heavy atom. The van der Waals surface area contributed by atoms with E-state index in [-0.39, 0.29) is 12.8 Å². The van der Waals surface area contributed by atoms with Crippen LogP contribution >= 0.6 is 11.6 Å². The number of hydrogen-bond acceptors (Lipinski definition) is 2. The van der Waals surface area contributed by atoms with Crippen LogP contribution in [0.3, 0.4) is 0 Å². The van der Waals surface area contributed by atoms with Crippen molar-refractivity contribution in [2.24, 2.45) is 5.92 Å². The molecule has 0 radical (unpaired) electrons.